The molecule has 0 spiro atoms. The van der Waals surface area contributed by atoms with Gasteiger partial charge >= 0.3 is 5.97 Å². The molecule has 1 saturated heterocycles. The van der Waals surface area contributed by atoms with E-state index in [4.69, 9.17) is 9.47 Å². The zero-order valence-corrected chi connectivity index (χ0v) is 11.7. The molecule has 110 valence electrons. The van der Waals surface area contributed by atoms with Gasteiger partial charge in [0, 0.05) is 0 Å². The summed E-state index contributed by atoms with van der Waals surface area (Å²) in [6.45, 7) is 3.75. The summed E-state index contributed by atoms with van der Waals surface area (Å²) in [6, 6.07) is 0. The van der Waals surface area contributed by atoms with Gasteiger partial charge in [0.25, 0.3) is 0 Å². The van der Waals surface area contributed by atoms with Gasteiger partial charge in [-0.1, -0.05) is 24.3 Å². The summed E-state index contributed by atoms with van der Waals surface area (Å²) < 4.78 is 11.0. The molecule has 1 aliphatic heterocycles. The molecule has 2 rings (SSSR count). The molecule has 1 heterocycles. The first-order valence-corrected chi connectivity index (χ1v) is 7.08. The van der Waals surface area contributed by atoms with Crippen molar-refractivity contribution in [2.24, 2.45) is 5.41 Å². The minimum Gasteiger partial charge on any atom is -0.465 e. The molecule has 5 heteroatoms. The fourth-order valence-corrected chi connectivity index (χ4v) is 2.53. The first-order valence-electron chi connectivity index (χ1n) is 7.08. The van der Waals surface area contributed by atoms with Gasteiger partial charge in [-0.15, -0.1) is 0 Å². The molecule has 0 aromatic rings. The predicted octanol–water partition coefficient (Wildman–Crippen LogP) is 0.998. The lowest BCUT2D eigenvalue weighted by Crippen LogP contribution is -2.47. The molecule has 0 bridgehead atoms. The summed E-state index contributed by atoms with van der Waals surface area (Å²) in [5, 5.41) is 3.26. The molecule has 1 aliphatic carbocycles. The molecule has 0 aromatic carbocycles. The number of hydrogen-bond acceptors (Lipinski definition) is 5. The molecule has 1 fully saturated rings. The van der Waals surface area contributed by atoms with Gasteiger partial charge in [0.2, 0.25) is 0 Å². The highest BCUT2D eigenvalue weighted by Gasteiger charge is 2.46. The molecule has 1 N–H and O–H groups in total. The Morgan fingerprint density at radius 1 is 1.40 bits per heavy atom. The first kappa shape index (κ1) is 14.9. The smallest absolute Gasteiger partial charge is 0.326 e. The van der Waals surface area contributed by atoms with Crippen LogP contribution in [0.5, 0.6) is 0 Å². The van der Waals surface area contributed by atoms with Gasteiger partial charge < -0.3 is 19.6 Å². The largest absolute Gasteiger partial charge is 0.465 e. The standard InChI is InChI=1S/C15H21NO4/c1-2-19-14(18)15(11-17)8-4-3-5-13(15)20-12-6-9-16-10-7-12/h3-5,8,11-13,16H,2,6-7,9-10H2,1H3. The highest BCUT2D eigenvalue weighted by atomic mass is 16.5. The monoisotopic (exact) mass is 279 g/mol. The van der Waals surface area contributed by atoms with E-state index in [2.05, 4.69) is 5.32 Å². The third-order valence-corrected chi connectivity index (χ3v) is 3.69. The minimum atomic E-state index is -1.35. The van der Waals surface area contributed by atoms with Gasteiger partial charge in [0.15, 0.2) is 5.41 Å². The summed E-state index contributed by atoms with van der Waals surface area (Å²) >= 11 is 0. The van der Waals surface area contributed by atoms with Crippen molar-refractivity contribution in [1.82, 2.24) is 5.32 Å². The molecule has 0 saturated carbocycles. The predicted molar refractivity (Wildman–Crippen MR) is 74.2 cm³/mol. The van der Waals surface area contributed by atoms with Crippen LogP contribution in [0.1, 0.15) is 19.8 Å². The average molecular weight is 279 g/mol. The van der Waals surface area contributed by atoms with Gasteiger partial charge in [-0.3, -0.25) is 4.79 Å². The molecule has 0 amide bonds. The molecule has 2 unspecified atom stereocenters. The highest BCUT2D eigenvalue weighted by Crippen LogP contribution is 2.32. The van der Waals surface area contributed by atoms with Crippen molar-refractivity contribution in [2.75, 3.05) is 19.7 Å². The molecule has 2 aliphatic rings. The van der Waals surface area contributed by atoms with Crippen molar-refractivity contribution in [1.29, 1.82) is 0 Å². The van der Waals surface area contributed by atoms with Crippen molar-refractivity contribution >= 4 is 12.3 Å². The summed E-state index contributed by atoms with van der Waals surface area (Å²) in [5.41, 5.74) is -1.35. The molecule has 0 radical (unpaired) electrons. The van der Waals surface area contributed by atoms with E-state index < -0.39 is 17.5 Å². The van der Waals surface area contributed by atoms with Crippen LogP contribution < -0.4 is 5.32 Å². The molecular formula is C15H21NO4. The number of rotatable bonds is 5. The number of nitrogens with one attached hydrogen (secondary N) is 1. The quantitative estimate of drug-likeness (QED) is 0.462. The second kappa shape index (κ2) is 6.81. The minimum absolute atomic E-state index is 0.0613. The van der Waals surface area contributed by atoms with Crippen molar-refractivity contribution in [3.63, 3.8) is 0 Å². The number of esters is 1. The number of aldehydes is 1. The second-order valence-corrected chi connectivity index (χ2v) is 5.02. The summed E-state index contributed by atoms with van der Waals surface area (Å²) in [7, 11) is 0. The number of carbonyl (C=O) groups is 2. The van der Waals surface area contributed by atoms with E-state index in [-0.39, 0.29) is 12.7 Å². The van der Waals surface area contributed by atoms with E-state index in [1.807, 2.05) is 0 Å². The average Bonchev–Trinajstić information content (AvgIpc) is 2.49. The zero-order valence-electron chi connectivity index (χ0n) is 11.7. The third-order valence-electron chi connectivity index (χ3n) is 3.69. The Hall–Kier alpha value is -1.46. The highest BCUT2D eigenvalue weighted by molar-refractivity contribution is 5.97. The third kappa shape index (κ3) is 2.99. The van der Waals surface area contributed by atoms with Gasteiger partial charge in [-0.05, 0) is 32.9 Å². The Morgan fingerprint density at radius 3 is 2.80 bits per heavy atom. The van der Waals surface area contributed by atoms with Crippen molar-refractivity contribution in [2.45, 2.75) is 32.0 Å². The lowest BCUT2D eigenvalue weighted by molar-refractivity contribution is -0.163. The van der Waals surface area contributed by atoms with Crippen LogP contribution in [0.25, 0.3) is 0 Å². The lowest BCUT2D eigenvalue weighted by Gasteiger charge is -2.35. The Kier molecular flexibility index (Phi) is 5.09. The van der Waals surface area contributed by atoms with E-state index >= 15 is 0 Å². The van der Waals surface area contributed by atoms with Crippen molar-refractivity contribution in [3.05, 3.63) is 24.3 Å². The van der Waals surface area contributed by atoms with Crippen LogP contribution in [0, 0.1) is 5.41 Å². The number of hydrogen-bond donors (Lipinski definition) is 1. The molecule has 0 aromatic heterocycles. The first-order chi connectivity index (χ1) is 9.73. The maximum absolute atomic E-state index is 12.2. The van der Waals surface area contributed by atoms with Crippen LogP contribution in [-0.2, 0) is 19.1 Å². The number of ether oxygens (including phenoxy) is 2. The number of allylic oxidation sites excluding steroid dienone is 2. The van der Waals surface area contributed by atoms with Crippen LogP contribution in [0.3, 0.4) is 0 Å². The van der Waals surface area contributed by atoms with E-state index in [9.17, 15) is 9.59 Å². The Balaban J connectivity index is 2.14. The van der Waals surface area contributed by atoms with Crippen LogP contribution in [0.2, 0.25) is 0 Å². The molecule has 2 atom stereocenters. The van der Waals surface area contributed by atoms with Crippen molar-refractivity contribution in [3.8, 4) is 0 Å². The summed E-state index contributed by atoms with van der Waals surface area (Å²) in [5.74, 6) is -0.547. The zero-order chi connectivity index (χ0) is 14.4. The number of carbonyl (C=O) groups excluding carboxylic acids is 2. The molecular weight excluding hydrogens is 258 g/mol. The van der Waals surface area contributed by atoms with E-state index in [1.54, 1.807) is 31.2 Å². The maximum Gasteiger partial charge on any atom is 0.326 e. The lowest BCUT2D eigenvalue weighted by atomic mass is 9.80. The van der Waals surface area contributed by atoms with Crippen molar-refractivity contribution < 1.29 is 19.1 Å². The Labute approximate surface area is 119 Å². The van der Waals surface area contributed by atoms with E-state index in [0.29, 0.717) is 6.29 Å². The van der Waals surface area contributed by atoms with Gasteiger partial charge in [0.05, 0.1) is 12.7 Å². The van der Waals surface area contributed by atoms with Gasteiger partial charge in [-0.2, -0.15) is 0 Å². The fourth-order valence-electron chi connectivity index (χ4n) is 2.53. The van der Waals surface area contributed by atoms with E-state index in [0.717, 1.165) is 25.9 Å². The topological polar surface area (TPSA) is 64.6 Å². The van der Waals surface area contributed by atoms with E-state index in [1.165, 1.54) is 0 Å². The second-order valence-electron chi connectivity index (χ2n) is 5.02. The maximum atomic E-state index is 12.2. The van der Waals surface area contributed by atoms with Gasteiger partial charge in [0.1, 0.15) is 12.4 Å². The number of piperidine rings is 1. The summed E-state index contributed by atoms with van der Waals surface area (Å²) in [6.07, 6.45) is 8.68. The van der Waals surface area contributed by atoms with Crippen LogP contribution in [-0.4, -0.2) is 44.2 Å². The van der Waals surface area contributed by atoms with Crippen LogP contribution >= 0.6 is 0 Å². The molecule has 5 nitrogen and oxygen atoms in total. The molecule has 20 heavy (non-hydrogen) atoms. The Bertz CT molecular complexity index is 412. The summed E-state index contributed by atoms with van der Waals surface area (Å²) in [4.78, 5) is 23.7. The fraction of sp³-hybridized carbons (Fsp3) is 0.600. The van der Waals surface area contributed by atoms with Crippen LogP contribution in [0.15, 0.2) is 24.3 Å². The normalized spacial score (nSPS) is 30.1. The Morgan fingerprint density at radius 2 is 2.15 bits per heavy atom. The SMILES string of the molecule is CCOC(=O)C1(C=O)C=CC=CC1OC1CCNCC1. The van der Waals surface area contributed by atoms with Crippen LogP contribution in [0.4, 0.5) is 0 Å². The van der Waals surface area contributed by atoms with Gasteiger partial charge in [-0.25, -0.2) is 0 Å².